The van der Waals surface area contributed by atoms with Gasteiger partial charge < -0.3 is 10.6 Å². The number of carbonyl (C=O) groups excluding carboxylic acids is 1. The number of ketones is 1. The largest absolute Gasteiger partial charge is 0.399 e. The number of anilines is 2. The fourth-order valence-electron chi connectivity index (χ4n) is 2.21. The molecule has 0 bridgehead atoms. The minimum atomic E-state index is 0.108. The minimum Gasteiger partial charge on any atom is -0.399 e. The van der Waals surface area contributed by atoms with E-state index in [1.807, 2.05) is 68.3 Å². The third kappa shape index (κ3) is 2.99. The molecule has 0 radical (unpaired) electrons. The van der Waals surface area contributed by atoms with Crippen molar-refractivity contribution in [3.05, 3.63) is 59.2 Å². The van der Waals surface area contributed by atoms with Crippen LogP contribution in [0, 0.1) is 13.8 Å². The van der Waals surface area contributed by atoms with Crippen LogP contribution in [0.15, 0.2) is 42.5 Å². The molecular formula is C17H20N2O. The maximum absolute atomic E-state index is 12.4. The molecule has 104 valence electrons. The van der Waals surface area contributed by atoms with Crippen LogP contribution in [-0.4, -0.2) is 19.4 Å². The van der Waals surface area contributed by atoms with Crippen LogP contribution < -0.4 is 10.6 Å². The molecule has 3 nitrogen and oxygen atoms in total. The van der Waals surface area contributed by atoms with E-state index < -0.39 is 0 Å². The van der Waals surface area contributed by atoms with Crippen LogP contribution >= 0.6 is 0 Å². The van der Waals surface area contributed by atoms with Crippen LogP contribution in [0.2, 0.25) is 0 Å². The van der Waals surface area contributed by atoms with Crippen molar-refractivity contribution in [2.45, 2.75) is 13.8 Å². The van der Waals surface area contributed by atoms with Crippen molar-refractivity contribution in [2.24, 2.45) is 0 Å². The van der Waals surface area contributed by atoms with E-state index in [9.17, 15) is 4.79 Å². The Morgan fingerprint density at radius 3 is 2.40 bits per heavy atom. The van der Waals surface area contributed by atoms with Crippen molar-refractivity contribution >= 4 is 17.2 Å². The Morgan fingerprint density at radius 2 is 1.75 bits per heavy atom. The lowest BCUT2D eigenvalue weighted by Crippen LogP contribution is -2.26. The van der Waals surface area contributed by atoms with Crippen molar-refractivity contribution < 1.29 is 4.79 Å². The summed E-state index contributed by atoms with van der Waals surface area (Å²) in [6, 6.07) is 13.6. The summed E-state index contributed by atoms with van der Waals surface area (Å²) in [4.78, 5) is 14.4. The van der Waals surface area contributed by atoms with Gasteiger partial charge in [-0.3, -0.25) is 4.79 Å². The summed E-state index contributed by atoms with van der Waals surface area (Å²) in [5.74, 6) is 0.108. The van der Waals surface area contributed by atoms with Gasteiger partial charge in [0, 0.05) is 24.0 Å². The average molecular weight is 268 g/mol. The van der Waals surface area contributed by atoms with Gasteiger partial charge in [-0.2, -0.15) is 0 Å². The molecule has 0 aliphatic rings. The number of nitrogens with zero attached hydrogens (tertiary/aromatic N) is 1. The lowest BCUT2D eigenvalue weighted by Gasteiger charge is -2.19. The second-order valence-corrected chi connectivity index (χ2v) is 5.14. The number of para-hydroxylation sites is 1. The first kappa shape index (κ1) is 14.1. The Balaban J connectivity index is 2.19. The zero-order valence-corrected chi connectivity index (χ0v) is 12.2. The molecule has 0 atom stereocenters. The molecule has 0 spiro atoms. The number of nitrogens with two attached hydrogens (primary N) is 1. The third-order valence-electron chi connectivity index (χ3n) is 3.49. The van der Waals surface area contributed by atoms with Crippen LogP contribution in [0.4, 0.5) is 11.4 Å². The first-order valence-electron chi connectivity index (χ1n) is 6.65. The standard InChI is InChI=1S/C17H20N2O/c1-12-10-16(18)13(2)9-15(12)17(20)11-19(3)14-7-5-4-6-8-14/h4-10H,11,18H2,1-3H3. The maximum atomic E-state index is 12.4. The van der Waals surface area contributed by atoms with E-state index in [1.165, 1.54) is 0 Å². The zero-order valence-electron chi connectivity index (χ0n) is 12.2. The van der Waals surface area contributed by atoms with E-state index in [-0.39, 0.29) is 5.78 Å². The Kier molecular flexibility index (Phi) is 4.08. The van der Waals surface area contributed by atoms with Crippen LogP contribution in [0.5, 0.6) is 0 Å². The van der Waals surface area contributed by atoms with E-state index in [2.05, 4.69) is 0 Å². The number of carbonyl (C=O) groups is 1. The number of aryl methyl sites for hydroxylation is 2. The molecule has 0 amide bonds. The predicted molar refractivity (Wildman–Crippen MR) is 84.4 cm³/mol. The van der Waals surface area contributed by atoms with Crippen molar-refractivity contribution in [1.29, 1.82) is 0 Å². The fraction of sp³-hybridized carbons (Fsp3) is 0.235. The van der Waals surface area contributed by atoms with Gasteiger partial charge in [0.1, 0.15) is 0 Å². The van der Waals surface area contributed by atoms with Crippen LogP contribution in [0.3, 0.4) is 0 Å². The normalized spacial score (nSPS) is 10.3. The number of benzene rings is 2. The maximum Gasteiger partial charge on any atom is 0.182 e. The molecule has 2 aromatic carbocycles. The lowest BCUT2D eigenvalue weighted by molar-refractivity contribution is 0.0999. The summed E-state index contributed by atoms with van der Waals surface area (Å²) < 4.78 is 0. The van der Waals surface area contributed by atoms with Crippen LogP contribution in [0.1, 0.15) is 21.5 Å². The Bertz CT molecular complexity index is 620. The van der Waals surface area contributed by atoms with Gasteiger partial charge in [0.25, 0.3) is 0 Å². The van der Waals surface area contributed by atoms with Gasteiger partial charge in [0.05, 0.1) is 6.54 Å². The SMILES string of the molecule is Cc1cc(C(=O)CN(C)c2ccccc2)c(C)cc1N. The summed E-state index contributed by atoms with van der Waals surface area (Å²) >= 11 is 0. The van der Waals surface area contributed by atoms with E-state index >= 15 is 0 Å². The molecule has 2 N–H and O–H groups in total. The van der Waals surface area contributed by atoms with E-state index in [0.29, 0.717) is 6.54 Å². The highest BCUT2D eigenvalue weighted by atomic mass is 16.1. The molecule has 0 fully saturated rings. The molecular weight excluding hydrogens is 248 g/mol. The highest BCUT2D eigenvalue weighted by Gasteiger charge is 2.13. The molecule has 0 aliphatic carbocycles. The van der Waals surface area contributed by atoms with Crippen molar-refractivity contribution in [2.75, 3.05) is 24.2 Å². The van der Waals surface area contributed by atoms with Crippen molar-refractivity contribution in [3.63, 3.8) is 0 Å². The number of Topliss-reactive ketones (excluding diaryl/α,β-unsaturated/α-hetero) is 1. The summed E-state index contributed by atoms with van der Waals surface area (Å²) in [5.41, 5.74) is 10.3. The molecule has 0 aromatic heterocycles. The Labute approximate surface area is 120 Å². The number of hydrogen-bond donors (Lipinski definition) is 1. The van der Waals surface area contributed by atoms with Gasteiger partial charge in [-0.05, 0) is 49.2 Å². The second kappa shape index (κ2) is 5.78. The van der Waals surface area contributed by atoms with Crippen LogP contribution in [0.25, 0.3) is 0 Å². The number of likely N-dealkylation sites (N-methyl/N-ethyl adjacent to an activating group) is 1. The quantitative estimate of drug-likeness (QED) is 0.684. The van der Waals surface area contributed by atoms with Crippen molar-refractivity contribution in [3.8, 4) is 0 Å². The second-order valence-electron chi connectivity index (χ2n) is 5.14. The number of rotatable bonds is 4. The molecule has 2 rings (SSSR count). The third-order valence-corrected chi connectivity index (χ3v) is 3.49. The molecule has 20 heavy (non-hydrogen) atoms. The molecule has 3 heteroatoms. The fourth-order valence-corrected chi connectivity index (χ4v) is 2.21. The number of nitrogen functional groups attached to an aromatic ring is 1. The first-order valence-corrected chi connectivity index (χ1v) is 6.65. The first-order chi connectivity index (χ1) is 9.49. The molecule has 0 heterocycles. The monoisotopic (exact) mass is 268 g/mol. The van der Waals surface area contributed by atoms with E-state index in [1.54, 1.807) is 0 Å². The van der Waals surface area contributed by atoms with Gasteiger partial charge >= 0.3 is 0 Å². The predicted octanol–water partition coefficient (Wildman–Crippen LogP) is 3.20. The van der Waals surface area contributed by atoms with Gasteiger partial charge in [-0.15, -0.1) is 0 Å². The topological polar surface area (TPSA) is 46.3 Å². The van der Waals surface area contributed by atoms with Crippen LogP contribution in [-0.2, 0) is 0 Å². The van der Waals surface area contributed by atoms with Gasteiger partial charge in [0.2, 0.25) is 0 Å². The van der Waals surface area contributed by atoms with Gasteiger partial charge in [-0.1, -0.05) is 18.2 Å². The van der Waals surface area contributed by atoms with E-state index in [4.69, 9.17) is 5.73 Å². The molecule has 0 saturated heterocycles. The summed E-state index contributed by atoms with van der Waals surface area (Å²) in [7, 11) is 1.92. The molecule has 2 aromatic rings. The summed E-state index contributed by atoms with van der Waals surface area (Å²) in [6.45, 7) is 4.20. The minimum absolute atomic E-state index is 0.108. The summed E-state index contributed by atoms with van der Waals surface area (Å²) in [5, 5.41) is 0. The molecule has 0 aliphatic heterocycles. The zero-order chi connectivity index (χ0) is 14.7. The van der Waals surface area contributed by atoms with E-state index in [0.717, 1.165) is 28.1 Å². The average Bonchev–Trinajstić information content (AvgIpc) is 2.43. The highest BCUT2D eigenvalue weighted by Crippen LogP contribution is 2.19. The smallest absolute Gasteiger partial charge is 0.182 e. The Morgan fingerprint density at radius 1 is 1.10 bits per heavy atom. The highest BCUT2D eigenvalue weighted by molar-refractivity contribution is 6.01. The van der Waals surface area contributed by atoms with Crippen molar-refractivity contribution in [1.82, 2.24) is 0 Å². The van der Waals surface area contributed by atoms with Gasteiger partial charge in [-0.25, -0.2) is 0 Å². The van der Waals surface area contributed by atoms with Gasteiger partial charge in [0.15, 0.2) is 5.78 Å². The molecule has 0 saturated carbocycles. The molecule has 0 unspecified atom stereocenters. The number of hydrogen-bond acceptors (Lipinski definition) is 3. The Hall–Kier alpha value is -2.29. The summed E-state index contributed by atoms with van der Waals surface area (Å²) in [6.07, 6.45) is 0. The lowest BCUT2D eigenvalue weighted by atomic mass is 10.00.